The molecule has 2 N–H and O–H groups in total. The van der Waals surface area contributed by atoms with E-state index in [9.17, 15) is 0 Å². The second-order valence-electron chi connectivity index (χ2n) is 5.62. The Kier molecular flexibility index (Phi) is 7.75. The number of rotatable bonds is 9. The molecule has 0 saturated heterocycles. The summed E-state index contributed by atoms with van der Waals surface area (Å²) in [6.45, 7) is 10.0. The van der Waals surface area contributed by atoms with E-state index in [0.717, 1.165) is 38.6 Å². The van der Waals surface area contributed by atoms with E-state index in [4.69, 9.17) is 4.52 Å². The molecule has 0 bridgehead atoms. The number of para-hydroxylation sites is 1. The molecule has 2 rings (SSSR count). The normalized spacial score (nSPS) is 11.4. The standard InChI is InChI=1S/C18H28N6O/c1-4-19-18(21-14-17-22-15(3)25-23-17)20-12-9-13-24(5-2)16-10-7-6-8-11-16/h6-8,10-11H,4-5,9,12-14H2,1-3H3,(H2,19,20,21). The Hall–Kier alpha value is -2.57. The summed E-state index contributed by atoms with van der Waals surface area (Å²) in [6, 6.07) is 10.5. The summed E-state index contributed by atoms with van der Waals surface area (Å²) in [5.41, 5.74) is 1.26. The van der Waals surface area contributed by atoms with Gasteiger partial charge >= 0.3 is 0 Å². The minimum absolute atomic E-state index is 0.401. The fraction of sp³-hybridized carbons (Fsp3) is 0.500. The van der Waals surface area contributed by atoms with Gasteiger partial charge in [-0.25, -0.2) is 4.99 Å². The molecule has 0 unspecified atom stereocenters. The van der Waals surface area contributed by atoms with Crippen LogP contribution in [0.2, 0.25) is 0 Å². The van der Waals surface area contributed by atoms with Crippen LogP contribution in [0.5, 0.6) is 0 Å². The van der Waals surface area contributed by atoms with Crippen LogP contribution < -0.4 is 15.5 Å². The van der Waals surface area contributed by atoms with Crippen LogP contribution in [0.25, 0.3) is 0 Å². The third-order valence-corrected chi connectivity index (χ3v) is 3.69. The van der Waals surface area contributed by atoms with Gasteiger partial charge in [-0.15, -0.1) is 0 Å². The van der Waals surface area contributed by atoms with Crippen molar-refractivity contribution in [3.8, 4) is 0 Å². The Morgan fingerprint density at radius 3 is 2.64 bits per heavy atom. The van der Waals surface area contributed by atoms with Crippen LogP contribution in [-0.2, 0) is 6.54 Å². The van der Waals surface area contributed by atoms with Crippen LogP contribution in [0, 0.1) is 6.92 Å². The average Bonchev–Trinajstić information content (AvgIpc) is 3.05. The van der Waals surface area contributed by atoms with Crippen molar-refractivity contribution in [2.24, 2.45) is 4.99 Å². The van der Waals surface area contributed by atoms with E-state index in [0.29, 0.717) is 18.3 Å². The SMILES string of the molecule is CCNC(=NCc1noc(C)n1)NCCCN(CC)c1ccccc1. The van der Waals surface area contributed by atoms with Crippen LogP contribution in [0.3, 0.4) is 0 Å². The molecule has 1 heterocycles. The predicted molar refractivity (Wildman–Crippen MR) is 101 cm³/mol. The summed E-state index contributed by atoms with van der Waals surface area (Å²) >= 11 is 0. The summed E-state index contributed by atoms with van der Waals surface area (Å²) in [4.78, 5) is 11.0. The lowest BCUT2D eigenvalue weighted by Crippen LogP contribution is -2.38. The first-order chi connectivity index (χ1) is 12.2. The third kappa shape index (κ3) is 6.45. The average molecular weight is 344 g/mol. The van der Waals surface area contributed by atoms with Crippen molar-refractivity contribution < 1.29 is 4.52 Å². The molecule has 0 aliphatic carbocycles. The number of hydrogen-bond acceptors (Lipinski definition) is 5. The molecular weight excluding hydrogens is 316 g/mol. The van der Waals surface area contributed by atoms with Gasteiger partial charge in [-0.05, 0) is 32.4 Å². The highest BCUT2D eigenvalue weighted by Gasteiger charge is 2.05. The van der Waals surface area contributed by atoms with Gasteiger partial charge in [-0.2, -0.15) is 4.98 Å². The molecule has 0 aliphatic rings. The molecule has 1 aromatic heterocycles. The van der Waals surface area contributed by atoms with E-state index in [1.54, 1.807) is 6.92 Å². The van der Waals surface area contributed by atoms with E-state index in [2.05, 4.69) is 61.9 Å². The van der Waals surface area contributed by atoms with E-state index in [-0.39, 0.29) is 0 Å². The quantitative estimate of drug-likeness (QED) is 0.413. The molecule has 136 valence electrons. The second kappa shape index (κ2) is 10.3. The predicted octanol–water partition coefficient (Wildman–Crippen LogP) is 2.35. The first-order valence-electron chi connectivity index (χ1n) is 8.84. The molecule has 0 radical (unpaired) electrons. The molecule has 1 aromatic carbocycles. The highest BCUT2D eigenvalue weighted by Crippen LogP contribution is 2.12. The molecule has 7 heteroatoms. The number of nitrogens with zero attached hydrogens (tertiary/aromatic N) is 4. The van der Waals surface area contributed by atoms with Gasteiger partial charge < -0.3 is 20.1 Å². The summed E-state index contributed by atoms with van der Waals surface area (Å²) < 4.78 is 4.96. The number of aliphatic imine (C=N–C) groups is 1. The smallest absolute Gasteiger partial charge is 0.223 e. The van der Waals surface area contributed by atoms with Crippen molar-refractivity contribution >= 4 is 11.6 Å². The zero-order valence-electron chi connectivity index (χ0n) is 15.3. The van der Waals surface area contributed by atoms with Gasteiger partial charge in [0.15, 0.2) is 11.8 Å². The molecule has 25 heavy (non-hydrogen) atoms. The van der Waals surface area contributed by atoms with Crippen LogP contribution in [0.1, 0.15) is 32.0 Å². The van der Waals surface area contributed by atoms with Crippen molar-refractivity contribution in [3.05, 3.63) is 42.0 Å². The fourth-order valence-electron chi connectivity index (χ4n) is 2.48. The molecule has 0 amide bonds. The first-order valence-corrected chi connectivity index (χ1v) is 8.84. The maximum atomic E-state index is 4.96. The van der Waals surface area contributed by atoms with Gasteiger partial charge in [0.2, 0.25) is 5.89 Å². The maximum Gasteiger partial charge on any atom is 0.223 e. The Balaban J connectivity index is 1.78. The molecular formula is C18H28N6O. The Bertz CT molecular complexity index is 640. The van der Waals surface area contributed by atoms with Crippen molar-refractivity contribution in [2.45, 2.75) is 33.7 Å². The third-order valence-electron chi connectivity index (χ3n) is 3.69. The van der Waals surface area contributed by atoms with Crippen molar-refractivity contribution in [1.29, 1.82) is 0 Å². The minimum Gasteiger partial charge on any atom is -0.372 e. The second-order valence-corrected chi connectivity index (χ2v) is 5.62. The Labute approximate surface area is 149 Å². The lowest BCUT2D eigenvalue weighted by atomic mass is 10.2. The van der Waals surface area contributed by atoms with Gasteiger partial charge in [0.1, 0.15) is 6.54 Å². The van der Waals surface area contributed by atoms with E-state index < -0.39 is 0 Å². The lowest BCUT2D eigenvalue weighted by Gasteiger charge is -2.23. The molecule has 2 aromatic rings. The zero-order valence-corrected chi connectivity index (χ0v) is 15.3. The van der Waals surface area contributed by atoms with E-state index >= 15 is 0 Å². The number of nitrogens with one attached hydrogen (secondary N) is 2. The van der Waals surface area contributed by atoms with Crippen LogP contribution >= 0.6 is 0 Å². The summed E-state index contributed by atoms with van der Waals surface area (Å²) in [7, 11) is 0. The Morgan fingerprint density at radius 1 is 1.20 bits per heavy atom. The van der Waals surface area contributed by atoms with Crippen LogP contribution in [0.4, 0.5) is 5.69 Å². The van der Waals surface area contributed by atoms with Gasteiger partial charge in [0.05, 0.1) is 0 Å². The van der Waals surface area contributed by atoms with E-state index in [1.807, 2.05) is 13.0 Å². The van der Waals surface area contributed by atoms with Gasteiger partial charge in [0, 0.05) is 38.8 Å². The van der Waals surface area contributed by atoms with Crippen LogP contribution in [0.15, 0.2) is 39.8 Å². The van der Waals surface area contributed by atoms with Gasteiger partial charge in [-0.1, -0.05) is 23.4 Å². The largest absolute Gasteiger partial charge is 0.372 e. The number of hydrogen-bond donors (Lipinski definition) is 2. The Morgan fingerprint density at radius 2 is 2.00 bits per heavy atom. The van der Waals surface area contributed by atoms with Gasteiger partial charge in [-0.3, -0.25) is 0 Å². The molecule has 0 aliphatic heterocycles. The summed E-state index contributed by atoms with van der Waals surface area (Å²) in [5, 5.41) is 10.4. The minimum atomic E-state index is 0.401. The molecule has 0 atom stereocenters. The topological polar surface area (TPSA) is 78.6 Å². The molecule has 0 spiro atoms. The highest BCUT2D eigenvalue weighted by atomic mass is 16.5. The van der Waals surface area contributed by atoms with Gasteiger partial charge in [0.25, 0.3) is 0 Å². The molecule has 0 fully saturated rings. The number of benzene rings is 1. The fourth-order valence-corrected chi connectivity index (χ4v) is 2.48. The summed E-state index contributed by atoms with van der Waals surface area (Å²) in [5.74, 6) is 1.92. The summed E-state index contributed by atoms with van der Waals surface area (Å²) in [6.07, 6.45) is 1.02. The lowest BCUT2D eigenvalue weighted by molar-refractivity contribution is 0.387. The van der Waals surface area contributed by atoms with Crippen molar-refractivity contribution in [3.63, 3.8) is 0 Å². The number of aromatic nitrogens is 2. The number of guanidine groups is 1. The number of anilines is 1. The van der Waals surface area contributed by atoms with E-state index in [1.165, 1.54) is 5.69 Å². The molecule has 7 nitrogen and oxygen atoms in total. The van der Waals surface area contributed by atoms with Crippen molar-refractivity contribution in [2.75, 3.05) is 31.1 Å². The zero-order chi connectivity index (χ0) is 17.9. The maximum absolute atomic E-state index is 4.96. The first kappa shape index (κ1) is 18.8. The highest BCUT2D eigenvalue weighted by molar-refractivity contribution is 5.79. The monoisotopic (exact) mass is 344 g/mol. The molecule has 0 saturated carbocycles. The number of aryl methyl sites for hydroxylation is 1. The van der Waals surface area contributed by atoms with Crippen LogP contribution in [-0.4, -0.2) is 42.3 Å². The van der Waals surface area contributed by atoms with Crippen molar-refractivity contribution in [1.82, 2.24) is 20.8 Å².